The van der Waals surface area contributed by atoms with E-state index in [1.807, 2.05) is 37.3 Å². The molecule has 0 fully saturated rings. The number of aliphatic hydroxyl groups is 1. The molecular weight excluding hydrogens is 576 g/mol. The first-order valence-corrected chi connectivity index (χ1v) is 16.1. The molecule has 1 aliphatic rings. The molecule has 0 radical (unpaired) electrons. The number of fused-ring (bicyclic) bond motifs is 3. The topological polar surface area (TPSA) is 140 Å². The number of hydrogen-bond acceptors (Lipinski definition) is 8. The van der Waals surface area contributed by atoms with Crippen molar-refractivity contribution in [3.05, 3.63) is 53.1 Å². The summed E-state index contributed by atoms with van der Waals surface area (Å²) in [7, 11) is 0. The number of benzene rings is 2. The summed E-state index contributed by atoms with van der Waals surface area (Å²) in [5.74, 6) is -1.01. The number of anilines is 1. The molecule has 2 unspecified atom stereocenters. The molecule has 10 heteroatoms. The van der Waals surface area contributed by atoms with Crippen LogP contribution < -0.4 is 10.6 Å². The molecule has 2 aromatic carbocycles. The van der Waals surface area contributed by atoms with Gasteiger partial charge in [0.2, 0.25) is 11.8 Å². The number of aliphatic hydroxyl groups excluding tert-OH is 1. The van der Waals surface area contributed by atoms with Crippen LogP contribution in [0.15, 0.2) is 36.4 Å². The molecule has 3 N–H and O–H groups in total. The standard InChI is InChI=1S/C35H48N2O8/c1-4-5-19-43-21-17-36-33(41)12-7-13-34(42)37-26-14-15-28-30(22-26)31(23-45-25(3)39)27-9-6-10-29(35(27)28)32(40)11-8-20-44-24(2)16-18-38/h6,9-10,14-15,22,24,31,38H,4-5,7-8,11-13,16-21,23H2,1-3H3,(H,36,41)(H,37,42). The van der Waals surface area contributed by atoms with Gasteiger partial charge in [-0.3, -0.25) is 19.2 Å². The molecule has 0 saturated carbocycles. The second kappa shape index (κ2) is 19.0. The minimum absolute atomic E-state index is 0.00483. The predicted octanol–water partition coefficient (Wildman–Crippen LogP) is 5.15. The van der Waals surface area contributed by atoms with Crippen molar-refractivity contribution in [2.75, 3.05) is 44.9 Å². The number of carbonyl (C=O) groups excluding carboxylic acids is 4. The average molecular weight is 625 g/mol. The van der Waals surface area contributed by atoms with Crippen molar-refractivity contribution in [3.63, 3.8) is 0 Å². The van der Waals surface area contributed by atoms with Gasteiger partial charge in [0.05, 0.1) is 12.7 Å². The second-order valence-electron chi connectivity index (χ2n) is 11.4. The van der Waals surface area contributed by atoms with Crippen LogP contribution in [0.2, 0.25) is 0 Å². The molecule has 1 aliphatic carbocycles. The normalized spacial score (nSPS) is 13.9. The van der Waals surface area contributed by atoms with Gasteiger partial charge in [-0.1, -0.05) is 37.6 Å². The molecule has 0 saturated heterocycles. The third kappa shape index (κ3) is 11.4. The fourth-order valence-corrected chi connectivity index (χ4v) is 5.35. The lowest BCUT2D eigenvalue weighted by molar-refractivity contribution is -0.141. The maximum atomic E-state index is 13.4. The lowest BCUT2D eigenvalue weighted by atomic mass is 9.93. The van der Waals surface area contributed by atoms with E-state index in [0.29, 0.717) is 63.3 Å². The van der Waals surface area contributed by atoms with Crippen molar-refractivity contribution in [2.45, 2.75) is 84.2 Å². The quantitative estimate of drug-likeness (QED) is 0.0984. The molecule has 3 rings (SSSR count). The van der Waals surface area contributed by atoms with Gasteiger partial charge >= 0.3 is 5.97 Å². The zero-order valence-electron chi connectivity index (χ0n) is 26.8. The van der Waals surface area contributed by atoms with Gasteiger partial charge < -0.3 is 30.0 Å². The highest BCUT2D eigenvalue weighted by atomic mass is 16.5. The molecule has 0 aliphatic heterocycles. The van der Waals surface area contributed by atoms with Gasteiger partial charge in [0, 0.05) is 69.7 Å². The zero-order chi connectivity index (χ0) is 32.6. The van der Waals surface area contributed by atoms with Gasteiger partial charge in [-0.15, -0.1) is 0 Å². The molecule has 2 atom stereocenters. The van der Waals surface area contributed by atoms with E-state index in [4.69, 9.17) is 19.3 Å². The van der Waals surface area contributed by atoms with E-state index in [1.165, 1.54) is 6.92 Å². The van der Waals surface area contributed by atoms with Gasteiger partial charge in [0.25, 0.3) is 0 Å². The Bertz CT molecular complexity index is 1290. The van der Waals surface area contributed by atoms with E-state index in [2.05, 4.69) is 17.6 Å². The highest BCUT2D eigenvalue weighted by molar-refractivity contribution is 6.05. The van der Waals surface area contributed by atoms with Gasteiger partial charge in [-0.05, 0) is 67.0 Å². The molecule has 0 heterocycles. The molecule has 45 heavy (non-hydrogen) atoms. The van der Waals surface area contributed by atoms with Crippen molar-refractivity contribution >= 4 is 29.3 Å². The van der Waals surface area contributed by atoms with E-state index in [1.54, 1.807) is 6.07 Å². The number of rotatable bonds is 21. The van der Waals surface area contributed by atoms with Crippen LogP contribution in [0, 0.1) is 0 Å². The van der Waals surface area contributed by atoms with Crippen LogP contribution >= 0.6 is 0 Å². The Balaban J connectivity index is 1.63. The van der Waals surface area contributed by atoms with Crippen molar-refractivity contribution in [2.24, 2.45) is 0 Å². The second-order valence-corrected chi connectivity index (χ2v) is 11.4. The molecule has 246 valence electrons. The summed E-state index contributed by atoms with van der Waals surface area (Å²) < 4.78 is 16.5. The maximum Gasteiger partial charge on any atom is 0.302 e. The van der Waals surface area contributed by atoms with E-state index < -0.39 is 5.97 Å². The summed E-state index contributed by atoms with van der Waals surface area (Å²) in [5.41, 5.74) is 4.65. The van der Waals surface area contributed by atoms with E-state index in [0.717, 1.165) is 35.1 Å². The average Bonchev–Trinajstić information content (AvgIpc) is 3.32. The molecule has 2 amide bonds. The Kier molecular flexibility index (Phi) is 15.2. The number of amides is 2. The predicted molar refractivity (Wildman–Crippen MR) is 172 cm³/mol. The first-order valence-electron chi connectivity index (χ1n) is 16.1. The molecule has 0 spiro atoms. The summed E-state index contributed by atoms with van der Waals surface area (Å²) in [5, 5.41) is 14.8. The van der Waals surface area contributed by atoms with Crippen LogP contribution in [0.5, 0.6) is 0 Å². The summed E-state index contributed by atoms with van der Waals surface area (Å²) in [4.78, 5) is 49.9. The van der Waals surface area contributed by atoms with Gasteiger partial charge in [-0.2, -0.15) is 0 Å². The van der Waals surface area contributed by atoms with Crippen LogP contribution in [0.3, 0.4) is 0 Å². The maximum absolute atomic E-state index is 13.4. The number of ketones is 1. The van der Waals surface area contributed by atoms with Crippen molar-refractivity contribution in [1.29, 1.82) is 0 Å². The van der Waals surface area contributed by atoms with Crippen LogP contribution in [0.4, 0.5) is 5.69 Å². The van der Waals surface area contributed by atoms with Crippen molar-refractivity contribution < 1.29 is 38.5 Å². The van der Waals surface area contributed by atoms with Crippen LogP contribution in [-0.2, 0) is 28.6 Å². The lowest BCUT2D eigenvalue weighted by Crippen LogP contribution is -2.27. The fourth-order valence-electron chi connectivity index (χ4n) is 5.35. The third-order valence-corrected chi connectivity index (χ3v) is 7.71. The van der Waals surface area contributed by atoms with E-state index >= 15 is 0 Å². The number of Topliss-reactive ketones (excluding diaryl/α,β-unsaturated/α-hetero) is 1. The summed E-state index contributed by atoms with van der Waals surface area (Å²) >= 11 is 0. The minimum atomic E-state index is -0.398. The number of nitrogens with one attached hydrogen (secondary N) is 2. The fraction of sp³-hybridized carbons (Fsp3) is 0.543. The minimum Gasteiger partial charge on any atom is -0.465 e. The summed E-state index contributed by atoms with van der Waals surface area (Å²) in [6, 6.07) is 11.2. The number of carbonyl (C=O) groups is 4. The van der Waals surface area contributed by atoms with E-state index in [-0.39, 0.29) is 55.7 Å². The van der Waals surface area contributed by atoms with Crippen molar-refractivity contribution in [1.82, 2.24) is 5.32 Å². The SMILES string of the molecule is CCCCOCCNC(=O)CCCC(=O)Nc1ccc2c(c1)C(COC(C)=O)c1cccc(C(=O)CCCOC(C)CCO)c1-2. The zero-order valence-corrected chi connectivity index (χ0v) is 26.8. The van der Waals surface area contributed by atoms with Crippen molar-refractivity contribution in [3.8, 4) is 11.1 Å². The molecule has 10 nitrogen and oxygen atoms in total. The van der Waals surface area contributed by atoms with E-state index in [9.17, 15) is 19.2 Å². The van der Waals surface area contributed by atoms with Crippen LogP contribution in [0.1, 0.15) is 99.5 Å². The smallest absolute Gasteiger partial charge is 0.302 e. The Morgan fingerprint density at radius 3 is 2.49 bits per heavy atom. The molecule has 0 aromatic heterocycles. The number of ether oxygens (including phenoxy) is 3. The number of hydrogen-bond donors (Lipinski definition) is 3. The molecule has 0 bridgehead atoms. The third-order valence-electron chi connectivity index (χ3n) is 7.71. The van der Waals surface area contributed by atoms with Crippen LogP contribution in [-0.4, -0.2) is 74.4 Å². The summed E-state index contributed by atoms with van der Waals surface area (Å²) in [6.07, 6.45) is 4.26. The van der Waals surface area contributed by atoms with Crippen LogP contribution in [0.25, 0.3) is 11.1 Å². The Morgan fingerprint density at radius 1 is 0.933 bits per heavy atom. The lowest BCUT2D eigenvalue weighted by Gasteiger charge is -2.15. The monoisotopic (exact) mass is 624 g/mol. The first-order chi connectivity index (χ1) is 21.7. The Hall–Kier alpha value is -3.60. The number of unbranched alkanes of at least 4 members (excludes halogenated alkanes) is 1. The largest absolute Gasteiger partial charge is 0.465 e. The summed E-state index contributed by atoms with van der Waals surface area (Å²) in [6.45, 7) is 7.56. The van der Waals surface area contributed by atoms with Gasteiger partial charge in [0.15, 0.2) is 5.78 Å². The Labute approximate surface area is 266 Å². The highest BCUT2D eigenvalue weighted by Crippen LogP contribution is 2.47. The molecule has 2 aromatic rings. The van der Waals surface area contributed by atoms with Gasteiger partial charge in [-0.25, -0.2) is 0 Å². The van der Waals surface area contributed by atoms with Gasteiger partial charge in [0.1, 0.15) is 6.61 Å². The Morgan fingerprint density at radius 2 is 1.73 bits per heavy atom. The molecular formula is C35H48N2O8. The number of esters is 1. The highest BCUT2D eigenvalue weighted by Gasteiger charge is 2.33. The first kappa shape index (κ1) is 35.9.